The molecule has 3 heterocycles. The molecule has 1 spiro atoms. The SMILES string of the molecule is N#Cc1ccc(N2C[C@@]3(CCN(C(=O)c4ccn[nH]4)C3)CC2=O)cc1. The number of aromatic amines is 1. The zero-order chi connectivity index (χ0) is 17.4. The summed E-state index contributed by atoms with van der Waals surface area (Å²) in [5.74, 6) is -0.000746. The first-order valence-electron chi connectivity index (χ1n) is 8.19. The number of nitrogens with zero attached hydrogens (tertiary/aromatic N) is 4. The highest BCUT2D eigenvalue weighted by atomic mass is 16.2. The Labute approximate surface area is 144 Å². The van der Waals surface area contributed by atoms with Crippen molar-refractivity contribution >= 4 is 17.5 Å². The Morgan fingerprint density at radius 3 is 2.72 bits per heavy atom. The van der Waals surface area contributed by atoms with Gasteiger partial charge in [-0.25, -0.2) is 0 Å². The number of rotatable bonds is 2. The van der Waals surface area contributed by atoms with Crippen molar-refractivity contribution in [1.29, 1.82) is 5.26 Å². The Morgan fingerprint density at radius 1 is 1.24 bits per heavy atom. The monoisotopic (exact) mass is 335 g/mol. The van der Waals surface area contributed by atoms with Gasteiger partial charge in [0, 0.05) is 43.4 Å². The number of anilines is 1. The lowest BCUT2D eigenvalue weighted by atomic mass is 9.86. The van der Waals surface area contributed by atoms with Gasteiger partial charge in [-0.1, -0.05) is 0 Å². The fraction of sp³-hybridized carbons (Fsp3) is 0.333. The highest BCUT2D eigenvalue weighted by Crippen LogP contribution is 2.42. The number of nitrogens with one attached hydrogen (secondary N) is 1. The highest BCUT2D eigenvalue weighted by molar-refractivity contribution is 5.97. The number of benzene rings is 1. The third kappa shape index (κ3) is 2.66. The van der Waals surface area contributed by atoms with Gasteiger partial charge in [0.1, 0.15) is 5.69 Å². The average Bonchev–Trinajstić information content (AvgIpc) is 3.36. The molecule has 2 saturated heterocycles. The Bertz CT molecular complexity index is 853. The van der Waals surface area contributed by atoms with Crippen molar-refractivity contribution in [3.63, 3.8) is 0 Å². The van der Waals surface area contributed by atoms with Crippen LogP contribution < -0.4 is 4.90 Å². The maximum absolute atomic E-state index is 12.5. The number of aromatic nitrogens is 2. The normalized spacial score (nSPS) is 22.6. The molecular formula is C18H17N5O2. The number of likely N-dealkylation sites (tertiary alicyclic amines) is 1. The number of hydrogen-bond acceptors (Lipinski definition) is 4. The van der Waals surface area contributed by atoms with Crippen LogP contribution in [-0.4, -0.2) is 46.5 Å². The summed E-state index contributed by atoms with van der Waals surface area (Å²) < 4.78 is 0. The molecule has 0 bridgehead atoms. The molecule has 2 amide bonds. The zero-order valence-electron chi connectivity index (χ0n) is 13.6. The molecule has 2 aliphatic rings. The second kappa shape index (κ2) is 5.74. The molecule has 1 atom stereocenters. The minimum absolute atomic E-state index is 0.0700. The lowest BCUT2D eigenvalue weighted by molar-refractivity contribution is -0.117. The van der Waals surface area contributed by atoms with E-state index in [2.05, 4.69) is 16.3 Å². The van der Waals surface area contributed by atoms with Crippen molar-refractivity contribution in [2.24, 2.45) is 5.41 Å². The molecule has 7 heteroatoms. The van der Waals surface area contributed by atoms with Crippen molar-refractivity contribution in [1.82, 2.24) is 15.1 Å². The van der Waals surface area contributed by atoms with E-state index in [0.29, 0.717) is 37.3 Å². The van der Waals surface area contributed by atoms with Gasteiger partial charge in [-0.3, -0.25) is 14.7 Å². The molecule has 2 fully saturated rings. The van der Waals surface area contributed by atoms with Crippen molar-refractivity contribution < 1.29 is 9.59 Å². The van der Waals surface area contributed by atoms with Gasteiger partial charge in [-0.05, 0) is 36.8 Å². The van der Waals surface area contributed by atoms with E-state index in [-0.39, 0.29) is 17.2 Å². The predicted molar refractivity (Wildman–Crippen MR) is 89.7 cm³/mol. The van der Waals surface area contributed by atoms with Gasteiger partial charge >= 0.3 is 0 Å². The first kappa shape index (κ1) is 15.4. The third-order valence-corrected chi connectivity index (χ3v) is 5.09. The standard InChI is InChI=1S/C18H17N5O2/c19-10-13-1-3-14(4-2-13)23-12-18(9-16(23)24)6-8-22(11-18)17(25)15-5-7-20-21-15/h1-5,7H,6,8-9,11-12H2,(H,20,21)/t18-/m0/s1. The average molecular weight is 335 g/mol. The largest absolute Gasteiger partial charge is 0.337 e. The number of H-pyrrole nitrogens is 1. The van der Waals surface area contributed by atoms with Crippen LogP contribution in [0.5, 0.6) is 0 Å². The summed E-state index contributed by atoms with van der Waals surface area (Å²) in [6.07, 6.45) is 2.82. The van der Waals surface area contributed by atoms with Gasteiger partial charge in [-0.2, -0.15) is 10.4 Å². The van der Waals surface area contributed by atoms with Crippen LogP contribution in [0.1, 0.15) is 28.9 Å². The molecular weight excluding hydrogens is 318 g/mol. The third-order valence-electron chi connectivity index (χ3n) is 5.09. The molecule has 2 aliphatic heterocycles. The smallest absolute Gasteiger partial charge is 0.271 e. The lowest BCUT2D eigenvalue weighted by Crippen LogP contribution is -2.34. The van der Waals surface area contributed by atoms with Crippen LogP contribution in [0.2, 0.25) is 0 Å². The summed E-state index contributed by atoms with van der Waals surface area (Å²) in [5, 5.41) is 15.4. The van der Waals surface area contributed by atoms with E-state index < -0.39 is 0 Å². The number of nitriles is 1. The second-order valence-electron chi connectivity index (χ2n) is 6.76. The van der Waals surface area contributed by atoms with E-state index in [4.69, 9.17) is 5.26 Å². The van der Waals surface area contributed by atoms with Crippen LogP contribution in [0, 0.1) is 16.7 Å². The van der Waals surface area contributed by atoms with Crippen molar-refractivity contribution in [3.8, 4) is 6.07 Å². The number of carbonyl (C=O) groups excluding carboxylic acids is 2. The van der Waals surface area contributed by atoms with Gasteiger partial charge < -0.3 is 9.80 Å². The van der Waals surface area contributed by atoms with Crippen LogP contribution in [0.4, 0.5) is 5.69 Å². The predicted octanol–water partition coefficient (Wildman–Crippen LogP) is 1.55. The summed E-state index contributed by atoms with van der Waals surface area (Å²) in [6, 6.07) is 10.8. The van der Waals surface area contributed by atoms with Crippen molar-refractivity contribution in [2.45, 2.75) is 12.8 Å². The van der Waals surface area contributed by atoms with Gasteiger partial charge in [0.2, 0.25) is 5.91 Å². The molecule has 1 aromatic carbocycles. The maximum Gasteiger partial charge on any atom is 0.271 e. The summed E-state index contributed by atoms with van der Waals surface area (Å²) >= 11 is 0. The number of hydrogen-bond donors (Lipinski definition) is 1. The molecule has 25 heavy (non-hydrogen) atoms. The van der Waals surface area contributed by atoms with Crippen molar-refractivity contribution in [3.05, 3.63) is 47.8 Å². The Balaban J connectivity index is 1.50. The summed E-state index contributed by atoms with van der Waals surface area (Å²) in [7, 11) is 0. The Hall–Kier alpha value is -3.14. The van der Waals surface area contributed by atoms with Gasteiger partial charge in [0.05, 0.1) is 11.6 Å². The summed E-state index contributed by atoms with van der Waals surface area (Å²) in [5.41, 5.74) is 1.66. The topological polar surface area (TPSA) is 93.1 Å². The first-order chi connectivity index (χ1) is 12.1. The number of carbonyl (C=O) groups is 2. The molecule has 1 N–H and O–H groups in total. The van der Waals surface area contributed by atoms with Crippen LogP contribution >= 0.6 is 0 Å². The molecule has 1 aromatic heterocycles. The molecule has 2 aromatic rings. The first-order valence-corrected chi connectivity index (χ1v) is 8.19. The van der Waals surface area contributed by atoms with E-state index in [1.165, 1.54) is 0 Å². The molecule has 0 saturated carbocycles. The minimum Gasteiger partial charge on any atom is -0.337 e. The lowest BCUT2D eigenvalue weighted by Gasteiger charge is -2.24. The van der Waals surface area contributed by atoms with E-state index in [0.717, 1.165) is 12.1 Å². The van der Waals surface area contributed by atoms with Crippen LogP contribution in [0.25, 0.3) is 0 Å². The van der Waals surface area contributed by atoms with Crippen LogP contribution in [-0.2, 0) is 4.79 Å². The molecule has 7 nitrogen and oxygen atoms in total. The summed E-state index contributed by atoms with van der Waals surface area (Å²) in [6.45, 7) is 1.82. The van der Waals surface area contributed by atoms with E-state index >= 15 is 0 Å². The quantitative estimate of drug-likeness (QED) is 0.901. The fourth-order valence-electron chi connectivity index (χ4n) is 3.77. The maximum atomic E-state index is 12.5. The molecule has 0 radical (unpaired) electrons. The Kier molecular flexibility index (Phi) is 3.53. The van der Waals surface area contributed by atoms with Crippen molar-refractivity contribution in [2.75, 3.05) is 24.5 Å². The highest BCUT2D eigenvalue weighted by Gasteiger charge is 2.48. The molecule has 4 rings (SSSR count). The molecule has 0 unspecified atom stereocenters. The van der Waals surface area contributed by atoms with Crippen LogP contribution in [0.3, 0.4) is 0 Å². The number of amides is 2. The summed E-state index contributed by atoms with van der Waals surface area (Å²) in [4.78, 5) is 28.6. The minimum atomic E-state index is -0.194. The van der Waals surface area contributed by atoms with Gasteiger partial charge in [-0.15, -0.1) is 0 Å². The Morgan fingerprint density at radius 2 is 2.04 bits per heavy atom. The van der Waals surface area contributed by atoms with Gasteiger partial charge in [0.15, 0.2) is 0 Å². The fourth-order valence-corrected chi connectivity index (χ4v) is 3.77. The molecule has 126 valence electrons. The van der Waals surface area contributed by atoms with Gasteiger partial charge in [0.25, 0.3) is 5.91 Å². The zero-order valence-corrected chi connectivity index (χ0v) is 13.6. The molecule has 0 aliphatic carbocycles. The second-order valence-corrected chi connectivity index (χ2v) is 6.76. The van der Waals surface area contributed by atoms with Crippen LogP contribution in [0.15, 0.2) is 36.5 Å². The van der Waals surface area contributed by atoms with E-state index in [1.54, 1.807) is 46.3 Å². The van der Waals surface area contributed by atoms with E-state index in [1.807, 2.05) is 0 Å². The van der Waals surface area contributed by atoms with E-state index in [9.17, 15) is 9.59 Å².